The van der Waals surface area contributed by atoms with Gasteiger partial charge in [-0.15, -0.1) is 0 Å². The van der Waals surface area contributed by atoms with E-state index < -0.39 is 0 Å². The van der Waals surface area contributed by atoms with Crippen molar-refractivity contribution in [1.29, 1.82) is 0 Å². The lowest BCUT2D eigenvalue weighted by molar-refractivity contribution is 1.57. The van der Waals surface area contributed by atoms with Gasteiger partial charge in [0.15, 0.2) is 0 Å². The Labute approximate surface area is 93.8 Å². The van der Waals surface area contributed by atoms with Gasteiger partial charge in [-0.1, -0.05) is 10.2 Å². The largest absolute Gasteiger partial charge is 0.198 e. The first-order chi connectivity index (χ1) is 6.47. The Balaban J connectivity index is 2.04. The van der Waals surface area contributed by atoms with Crippen LogP contribution in [0.15, 0.2) is 27.5 Å². The predicted molar refractivity (Wildman–Crippen MR) is 63.4 cm³/mol. The van der Waals surface area contributed by atoms with E-state index in [-0.39, 0.29) is 0 Å². The number of hydrogen-bond acceptors (Lipinski definition) is 7. The van der Waals surface area contributed by atoms with E-state index >= 15 is 0 Å². The molecule has 0 fully saturated rings. The summed E-state index contributed by atoms with van der Waals surface area (Å²) < 4.78 is 14.3. The molecule has 2 rings (SSSR count). The maximum atomic E-state index is 4.26. The van der Waals surface area contributed by atoms with Gasteiger partial charge in [0.2, 0.25) is 0 Å². The second-order valence-corrected chi connectivity index (χ2v) is 5.29. The molecule has 0 spiro atoms. The summed E-state index contributed by atoms with van der Waals surface area (Å²) in [5, 5.41) is 0. The molecule has 0 atom stereocenters. The van der Waals surface area contributed by atoms with Crippen molar-refractivity contribution in [2.24, 2.45) is 4.40 Å². The van der Waals surface area contributed by atoms with Gasteiger partial charge >= 0.3 is 0 Å². The molecule has 1 aliphatic carbocycles. The van der Waals surface area contributed by atoms with Crippen LogP contribution in [-0.2, 0) is 0 Å². The van der Waals surface area contributed by atoms with Crippen LogP contribution in [0.25, 0.3) is 0 Å². The lowest BCUT2D eigenvalue weighted by Crippen LogP contribution is -2.05. The fourth-order valence-corrected chi connectivity index (χ4v) is 3.16. The van der Waals surface area contributed by atoms with Crippen LogP contribution in [0.3, 0.4) is 0 Å². The average Bonchev–Trinajstić information content (AvgIpc) is 2.59. The maximum Gasteiger partial charge on any atom is 0.0878 e. The molecule has 1 radical (unpaired) electrons. The number of nitrogens with one attached hydrogen (secondary N) is 2. The topological polar surface area (TPSA) is 50.5 Å². The van der Waals surface area contributed by atoms with Crippen LogP contribution in [-0.4, -0.2) is 5.71 Å². The van der Waals surface area contributed by atoms with Crippen LogP contribution >= 0.6 is 48.3 Å². The van der Waals surface area contributed by atoms with E-state index in [4.69, 9.17) is 0 Å². The molecule has 0 saturated heterocycles. The molecule has 0 unspecified atom stereocenters. The molecule has 0 aromatic heterocycles. The molecule has 1 heterocycles. The van der Waals surface area contributed by atoms with Crippen molar-refractivity contribution in [2.45, 2.75) is 0 Å². The lowest BCUT2D eigenvalue weighted by Gasteiger charge is -2.06. The first kappa shape index (κ1) is 9.97. The summed E-state index contributed by atoms with van der Waals surface area (Å²) in [7, 11) is 0. The van der Waals surface area contributed by atoms with E-state index in [1.165, 1.54) is 48.3 Å². The van der Waals surface area contributed by atoms with Gasteiger partial charge in [0, 0.05) is 24.3 Å². The third-order valence-electron chi connectivity index (χ3n) is 1.23. The fourth-order valence-electron chi connectivity index (χ4n) is 0.743. The lowest BCUT2D eigenvalue weighted by atomic mass is 10.4. The van der Waals surface area contributed by atoms with Crippen LogP contribution in [0.4, 0.5) is 0 Å². The van der Waals surface area contributed by atoms with E-state index in [0.29, 0.717) is 0 Å². The minimum atomic E-state index is 0.967. The Bertz CT molecular complexity index is 274. The minimum Gasteiger partial charge on any atom is -0.198 e. The summed E-state index contributed by atoms with van der Waals surface area (Å²) in [6, 6.07) is 0. The zero-order chi connectivity index (χ0) is 8.93. The van der Waals surface area contributed by atoms with Gasteiger partial charge in [-0.05, 0) is 24.1 Å². The van der Waals surface area contributed by atoms with E-state index in [1.807, 2.05) is 18.2 Å². The normalized spacial score (nSPS) is 27.4. The molecule has 0 aromatic rings. The summed E-state index contributed by atoms with van der Waals surface area (Å²) in [5.41, 5.74) is 0.967. The molecule has 0 bridgehead atoms. The van der Waals surface area contributed by atoms with E-state index in [0.717, 1.165) is 10.6 Å². The van der Waals surface area contributed by atoms with Gasteiger partial charge in [0.1, 0.15) is 0 Å². The molecule has 8 heteroatoms. The molecule has 2 N–H and O–H groups in total. The summed E-state index contributed by atoms with van der Waals surface area (Å²) in [6.07, 6.45) is 5.94. The van der Waals surface area contributed by atoms with Crippen LogP contribution < -0.4 is 12.4 Å². The van der Waals surface area contributed by atoms with Crippen molar-refractivity contribution >= 4 is 54.1 Å². The Morgan fingerprint density at radius 2 is 2.15 bits per heavy atom. The highest BCUT2D eigenvalue weighted by atomic mass is 32.3. The maximum absolute atomic E-state index is 4.26. The SMILES string of the molecule is C1=C/C2=N/SNSNS[N]SC2=C1. The molecule has 0 aromatic carbocycles. The van der Waals surface area contributed by atoms with Crippen molar-refractivity contribution < 1.29 is 0 Å². The van der Waals surface area contributed by atoms with Crippen molar-refractivity contribution in [1.82, 2.24) is 12.4 Å². The summed E-state index contributed by atoms with van der Waals surface area (Å²) in [4.78, 5) is 1.08. The number of allylic oxidation sites excluding steroid dienone is 4. The highest BCUT2D eigenvalue weighted by molar-refractivity contribution is 8.21. The first-order valence-electron chi connectivity index (χ1n) is 3.29. The quantitative estimate of drug-likeness (QED) is 0.641. The number of hydrogen-bond donors (Lipinski definition) is 2. The third-order valence-corrected chi connectivity index (χ3v) is 3.92. The zero-order valence-electron chi connectivity index (χ0n) is 6.26. The molecule has 69 valence electrons. The molecule has 1 aliphatic heterocycles. The smallest absolute Gasteiger partial charge is 0.0878 e. The molecule has 0 saturated carbocycles. The standard InChI is InChI=1S/C5H5N4S4/c1-2-4-5(3-1)10-7-12-9-13-8-11-6-4/h1-3,8-9H/b6-4-. The molecule has 4 nitrogen and oxygen atoms in total. The molecular weight excluding hydrogens is 244 g/mol. The Kier molecular flexibility index (Phi) is 4.10. The van der Waals surface area contributed by atoms with Crippen LogP contribution in [0.2, 0.25) is 0 Å². The Morgan fingerprint density at radius 1 is 1.23 bits per heavy atom. The highest BCUT2D eigenvalue weighted by Gasteiger charge is 2.11. The third kappa shape index (κ3) is 2.94. The molecule has 13 heavy (non-hydrogen) atoms. The van der Waals surface area contributed by atoms with E-state index in [1.54, 1.807) is 0 Å². The van der Waals surface area contributed by atoms with Gasteiger partial charge < -0.3 is 0 Å². The van der Waals surface area contributed by atoms with Crippen molar-refractivity contribution in [3.63, 3.8) is 0 Å². The van der Waals surface area contributed by atoms with Crippen molar-refractivity contribution in [3.8, 4) is 0 Å². The van der Waals surface area contributed by atoms with Gasteiger partial charge in [0.05, 0.1) is 22.8 Å². The van der Waals surface area contributed by atoms with Gasteiger partial charge in [0.25, 0.3) is 0 Å². The summed E-state index contributed by atoms with van der Waals surface area (Å²) in [5.74, 6) is 0. The average molecular weight is 249 g/mol. The summed E-state index contributed by atoms with van der Waals surface area (Å²) in [6.45, 7) is 0. The molecule has 2 aliphatic rings. The van der Waals surface area contributed by atoms with Crippen LogP contribution in [0.5, 0.6) is 0 Å². The first-order valence-corrected chi connectivity index (χ1v) is 6.42. The van der Waals surface area contributed by atoms with Crippen molar-refractivity contribution in [3.05, 3.63) is 23.1 Å². The van der Waals surface area contributed by atoms with E-state index in [9.17, 15) is 0 Å². The van der Waals surface area contributed by atoms with Gasteiger partial charge in [-0.25, -0.2) is 0 Å². The number of rotatable bonds is 0. The van der Waals surface area contributed by atoms with Crippen LogP contribution in [0, 0.1) is 0 Å². The van der Waals surface area contributed by atoms with Crippen molar-refractivity contribution in [2.75, 3.05) is 0 Å². The minimum absolute atomic E-state index is 0.967. The fraction of sp³-hybridized carbons (Fsp3) is 0. The Hall–Kier alpha value is 0.430. The van der Waals surface area contributed by atoms with Crippen LogP contribution in [0.1, 0.15) is 0 Å². The second-order valence-electron chi connectivity index (χ2n) is 1.98. The highest BCUT2D eigenvalue weighted by Crippen LogP contribution is 2.25. The van der Waals surface area contributed by atoms with E-state index in [2.05, 4.69) is 16.8 Å². The number of nitrogens with zero attached hydrogens (tertiary/aromatic N) is 2. The number of fused-ring (bicyclic) bond motifs is 1. The molecule has 0 amide bonds. The second kappa shape index (κ2) is 5.35. The van der Waals surface area contributed by atoms with Gasteiger partial charge in [-0.2, -0.15) is 12.7 Å². The predicted octanol–water partition coefficient (Wildman–Crippen LogP) is 2.02. The Morgan fingerprint density at radius 3 is 3.15 bits per heavy atom. The van der Waals surface area contributed by atoms with Gasteiger partial charge in [-0.3, -0.25) is 0 Å². The summed E-state index contributed by atoms with van der Waals surface area (Å²) >= 11 is 5.39. The molecular formula is C5H5N4S4. The zero-order valence-corrected chi connectivity index (χ0v) is 9.53. The monoisotopic (exact) mass is 249 g/mol.